The Morgan fingerprint density at radius 2 is 2.25 bits per heavy atom. The summed E-state index contributed by atoms with van der Waals surface area (Å²) in [5.41, 5.74) is 3.64. The van der Waals surface area contributed by atoms with Gasteiger partial charge in [0.1, 0.15) is 0 Å². The van der Waals surface area contributed by atoms with Crippen molar-refractivity contribution in [2.75, 3.05) is 16.5 Å². The second kappa shape index (κ2) is 8.17. The molecule has 0 radical (unpaired) electrons. The fraction of sp³-hybridized carbons (Fsp3) is 0.0769. The summed E-state index contributed by atoms with van der Waals surface area (Å²) in [4.78, 5) is 23.8. The van der Waals surface area contributed by atoms with Crippen LogP contribution < -0.4 is 10.7 Å². The maximum absolute atomic E-state index is 11.7. The Morgan fingerprint density at radius 1 is 1.38 bits per heavy atom. The average molecular weight is 360 g/mol. The Bertz CT molecular complexity index is 803. The van der Waals surface area contributed by atoms with Crippen LogP contribution in [0.2, 0.25) is 0 Å². The summed E-state index contributed by atoms with van der Waals surface area (Å²) in [6, 6.07) is 3.65. The first-order valence-electron chi connectivity index (χ1n) is 6.73. The van der Waals surface area contributed by atoms with Gasteiger partial charge in [-0.3, -0.25) is 9.78 Å². The van der Waals surface area contributed by atoms with Crippen LogP contribution in [0, 0.1) is 0 Å². The monoisotopic (exact) mass is 360 g/mol. The molecule has 0 saturated heterocycles. The van der Waals surface area contributed by atoms with Crippen molar-refractivity contribution in [1.82, 2.24) is 25.1 Å². The summed E-state index contributed by atoms with van der Waals surface area (Å²) in [6.45, 7) is 0. The lowest BCUT2D eigenvalue weighted by molar-refractivity contribution is -0.113. The van der Waals surface area contributed by atoms with Crippen molar-refractivity contribution in [2.24, 2.45) is 5.10 Å². The molecular weight excluding hydrogens is 348 g/mol. The van der Waals surface area contributed by atoms with Crippen molar-refractivity contribution in [1.29, 1.82) is 0 Å². The van der Waals surface area contributed by atoms with Gasteiger partial charge in [-0.2, -0.15) is 10.1 Å². The highest BCUT2D eigenvalue weighted by atomic mass is 32.2. The van der Waals surface area contributed by atoms with Gasteiger partial charge >= 0.3 is 0 Å². The number of H-pyrrole nitrogens is 1. The Labute approximate surface area is 145 Å². The molecule has 0 atom stereocenters. The van der Waals surface area contributed by atoms with E-state index in [2.05, 4.69) is 41.0 Å². The average Bonchev–Trinajstić information content (AvgIpc) is 3.26. The molecule has 0 aliphatic heterocycles. The number of thiazole rings is 1. The number of hydrogen-bond donors (Lipinski definition) is 3. The number of nitrogens with zero attached hydrogens (tertiary/aromatic N) is 5. The van der Waals surface area contributed by atoms with Gasteiger partial charge in [-0.25, -0.2) is 15.5 Å². The molecular formula is C13H12N8OS2. The number of carbonyl (C=O) groups is 1. The number of aromatic amines is 1. The number of carbonyl (C=O) groups excluding carboxylic acids is 1. The van der Waals surface area contributed by atoms with Crippen LogP contribution in [0.5, 0.6) is 0 Å². The first-order valence-corrected chi connectivity index (χ1v) is 8.60. The Hall–Kier alpha value is -2.79. The molecule has 3 heterocycles. The summed E-state index contributed by atoms with van der Waals surface area (Å²) >= 11 is 2.58. The molecule has 3 N–H and O–H groups in total. The van der Waals surface area contributed by atoms with Crippen LogP contribution in [-0.2, 0) is 4.79 Å². The minimum Gasteiger partial charge on any atom is -0.301 e. The maximum Gasteiger partial charge on any atom is 0.240 e. The first-order chi connectivity index (χ1) is 11.8. The number of hydrogen-bond acceptors (Lipinski definition) is 9. The van der Waals surface area contributed by atoms with Crippen molar-refractivity contribution < 1.29 is 4.79 Å². The highest BCUT2D eigenvalue weighted by molar-refractivity contribution is 7.99. The molecule has 11 heteroatoms. The van der Waals surface area contributed by atoms with E-state index in [0.717, 1.165) is 5.56 Å². The lowest BCUT2D eigenvalue weighted by Gasteiger charge is -1.98. The van der Waals surface area contributed by atoms with E-state index in [-0.39, 0.29) is 11.7 Å². The third kappa shape index (κ3) is 4.86. The maximum atomic E-state index is 11.7. The number of amides is 1. The van der Waals surface area contributed by atoms with Crippen molar-refractivity contribution >= 4 is 46.3 Å². The summed E-state index contributed by atoms with van der Waals surface area (Å²) in [5, 5.41) is 16.2. The van der Waals surface area contributed by atoms with Crippen LogP contribution >= 0.6 is 23.1 Å². The molecule has 0 aliphatic rings. The fourth-order valence-electron chi connectivity index (χ4n) is 1.55. The Morgan fingerprint density at radius 3 is 3.04 bits per heavy atom. The normalized spacial score (nSPS) is 10.8. The molecule has 0 fully saturated rings. The highest BCUT2D eigenvalue weighted by Crippen LogP contribution is 2.15. The van der Waals surface area contributed by atoms with Crippen molar-refractivity contribution in [3.05, 3.63) is 41.7 Å². The lowest BCUT2D eigenvalue weighted by Crippen LogP contribution is -2.13. The third-order valence-electron chi connectivity index (χ3n) is 2.57. The molecule has 122 valence electrons. The van der Waals surface area contributed by atoms with Gasteiger partial charge in [0.2, 0.25) is 17.0 Å². The van der Waals surface area contributed by atoms with Crippen LogP contribution in [0.15, 0.2) is 46.4 Å². The van der Waals surface area contributed by atoms with Gasteiger partial charge in [0.25, 0.3) is 0 Å². The molecule has 3 aromatic rings. The van der Waals surface area contributed by atoms with Crippen molar-refractivity contribution in [3.63, 3.8) is 0 Å². The predicted octanol–water partition coefficient (Wildman–Crippen LogP) is 1.83. The summed E-state index contributed by atoms with van der Waals surface area (Å²) in [5.74, 6) is 0.421. The van der Waals surface area contributed by atoms with E-state index in [9.17, 15) is 4.79 Å². The number of thioether (sulfide) groups is 1. The van der Waals surface area contributed by atoms with Crippen LogP contribution in [0.4, 0.5) is 11.1 Å². The lowest BCUT2D eigenvalue weighted by atomic mass is 10.3. The molecule has 3 aromatic heterocycles. The number of aromatic nitrogens is 5. The van der Waals surface area contributed by atoms with Crippen molar-refractivity contribution in [3.8, 4) is 0 Å². The zero-order valence-electron chi connectivity index (χ0n) is 12.2. The second-order valence-electron chi connectivity index (χ2n) is 4.29. The smallest absolute Gasteiger partial charge is 0.240 e. The van der Waals surface area contributed by atoms with Crippen LogP contribution in [0.25, 0.3) is 0 Å². The van der Waals surface area contributed by atoms with Crippen LogP contribution in [0.3, 0.4) is 0 Å². The first kappa shape index (κ1) is 16.1. The van der Waals surface area contributed by atoms with E-state index < -0.39 is 0 Å². The van der Waals surface area contributed by atoms with E-state index in [1.54, 1.807) is 30.2 Å². The van der Waals surface area contributed by atoms with Gasteiger partial charge in [-0.1, -0.05) is 11.8 Å². The van der Waals surface area contributed by atoms with Gasteiger partial charge in [0.15, 0.2) is 5.13 Å². The highest BCUT2D eigenvalue weighted by Gasteiger charge is 2.08. The van der Waals surface area contributed by atoms with Gasteiger partial charge in [-0.15, -0.1) is 16.4 Å². The summed E-state index contributed by atoms with van der Waals surface area (Å²) < 4.78 is 0. The standard InChI is InChI=1S/C13H12N8OS2/c22-10(17-12-15-5-6-23-12)8-24-13-18-11(20-21-13)19-16-7-9-1-3-14-4-2-9/h1-7H,8H2,(H,15,17,22)(H2,18,19,20,21)/b16-7+. The van der Waals surface area contributed by atoms with E-state index in [4.69, 9.17) is 0 Å². The number of nitrogens with one attached hydrogen (secondary N) is 3. The fourth-order valence-corrected chi connectivity index (χ4v) is 2.69. The van der Waals surface area contributed by atoms with E-state index in [1.807, 2.05) is 12.1 Å². The van der Waals surface area contributed by atoms with Gasteiger partial charge < -0.3 is 5.32 Å². The molecule has 0 bridgehead atoms. The molecule has 9 nitrogen and oxygen atoms in total. The number of anilines is 2. The molecule has 0 saturated carbocycles. The quantitative estimate of drug-likeness (QED) is 0.334. The molecule has 0 unspecified atom stereocenters. The number of hydrazone groups is 1. The predicted molar refractivity (Wildman–Crippen MR) is 93.3 cm³/mol. The zero-order chi connectivity index (χ0) is 16.6. The Balaban J connectivity index is 1.45. The molecule has 0 aliphatic carbocycles. The SMILES string of the molecule is O=C(CSc1n[nH]c(N/N=C/c2ccncc2)n1)Nc1nccs1. The topological polar surface area (TPSA) is 121 Å². The van der Waals surface area contributed by atoms with E-state index in [0.29, 0.717) is 16.2 Å². The minimum atomic E-state index is -0.162. The van der Waals surface area contributed by atoms with Crippen LogP contribution in [-0.4, -0.2) is 43.0 Å². The van der Waals surface area contributed by atoms with Crippen LogP contribution in [0.1, 0.15) is 5.56 Å². The summed E-state index contributed by atoms with van der Waals surface area (Å²) in [7, 11) is 0. The zero-order valence-corrected chi connectivity index (χ0v) is 13.8. The van der Waals surface area contributed by atoms with Gasteiger partial charge in [-0.05, 0) is 17.7 Å². The molecule has 24 heavy (non-hydrogen) atoms. The largest absolute Gasteiger partial charge is 0.301 e. The number of rotatable bonds is 7. The van der Waals surface area contributed by atoms with E-state index in [1.165, 1.54) is 23.1 Å². The second-order valence-corrected chi connectivity index (χ2v) is 6.13. The van der Waals surface area contributed by atoms with Gasteiger partial charge in [0, 0.05) is 24.0 Å². The Kier molecular flexibility index (Phi) is 5.48. The molecule has 0 spiro atoms. The molecule has 3 rings (SSSR count). The number of pyridine rings is 1. The third-order valence-corrected chi connectivity index (χ3v) is 4.10. The molecule has 0 aromatic carbocycles. The minimum absolute atomic E-state index is 0.162. The van der Waals surface area contributed by atoms with Gasteiger partial charge in [0.05, 0.1) is 12.0 Å². The summed E-state index contributed by atoms with van der Waals surface area (Å²) in [6.07, 6.45) is 6.63. The van der Waals surface area contributed by atoms with Crippen molar-refractivity contribution in [2.45, 2.75) is 5.16 Å². The molecule has 1 amide bonds. The van der Waals surface area contributed by atoms with E-state index >= 15 is 0 Å².